The van der Waals surface area contributed by atoms with Crippen LogP contribution in [0.1, 0.15) is 11.1 Å². The van der Waals surface area contributed by atoms with Crippen LogP contribution in [0.4, 0.5) is 11.4 Å². The quantitative estimate of drug-likeness (QED) is 0.235. The maximum Gasteiger partial charge on any atom is 0.0985 e. The normalized spacial score (nSPS) is 11.6. The van der Waals surface area contributed by atoms with Crippen LogP contribution in [0.15, 0.2) is 79.1 Å². The van der Waals surface area contributed by atoms with Gasteiger partial charge in [0.05, 0.1) is 22.1 Å². The highest BCUT2D eigenvalue weighted by Gasteiger charge is 2.17. The molecule has 6 rings (SSSR count). The molecule has 0 spiro atoms. The smallest absolute Gasteiger partial charge is 0.0985 e. The Morgan fingerprint density at radius 2 is 1.39 bits per heavy atom. The summed E-state index contributed by atoms with van der Waals surface area (Å²) in [5, 5.41) is 4.06. The van der Waals surface area contributed by atoms with E-state index in [2.05, 4.69) is 22.1 Å². The van der Waals surface area contributed by atoms with Crippen LogP contribution in [0.2, 0.25) is 0 Å². The van der Waals surface area contributed by atoms with Crippen molar-refractivity contribution < 1.29 is 0 Å². The number of hydrogen-bond donors (Lipinski definition) is 2. The molecule has 0 saturated carbocycles. The van der Waals surface area contributed by atoms with Gasteiger partial charge in [-0.1, -0.05) is 30.3 Å². The van der Waals surface area contributed by atoms with Crippen LogP contribution in [0.25, 0.3) is 43.6 Å². The summed E-state index contributed by atoms with van der Waals surface area (Å²) in [6, 6.07) is 22.1. The Labute approximate surface area is 178 Å². The van der Waals surface area contributed by atoms with E-state index in [1.165, 1.54) is 0 Å². The second-order valence-electron chi connectivity index (χ2n) is 7.75. The highest BCUT2D eigenvalue weighted by Crippen LogP contribution is 2.36. The van der Waals surface area contributed by atoms with Gasteiger partial charge in [-0.2, -0.15) is 0 Å². The van der Waals surface area contributed by atoms with Crippen molar-refractivity contribution >= 4 is 55.0 Å². The highest BCUT2D eigenvalue weighted by atomic mass is 14.7. The van der Waals surface area contributed by atoms with E-state index in [1.807, 2.05) is 54.6 Å². The summed E-state index contributed by atoms with van der Waals surface area (Å²) in [5.41, 5.74) is 20.1. The number of para-hydroxylation sites is 1. The van der Waals surface area contributed by atoms with E-state index >= 15 is 0 Å². The van der Waals surface area contributed by atoms with Crippen LogP contribution in [0.3, 0.4) is 0 Å². The zero-order valence-corrected chi connectivity index (χ0v) is 16.7. The van der Waals surface area contributed by atoms with Crippen LogP contribution >= 0.6 is 0 Å². The molecule has 5 heteroatoms. The molecule has 0 aliphatic heterocycles. The Morgan fingerprint density at radius 3 is 2.23 bits per heavy atom. The number of aromatic nitrogens is 3. The van der Waals surface area contributed by atoms with Gasteiger partial charge < -0.3 is 11.5 Å². The minimum atomic E-state index is 0.563. The van der Waals surface area contributed by atoms with Crippen LogP contribution in [0.5, 0.6) is 0 Å². The van der Waals surface area contributed by atoms with Gasteiger partial charge in [-0.25, -0.2) is 4.98 Å². The fourth-order valence-corrected chi connectivity index (χ4v) is 4.43. The lowest BCUT2D eigenvalue weighted by atomic mass is 9.93. The Morgan fingerprint density at radius 1 is 0.645 bits per heavy atom. The maximum absolute atomic E-state index is 6.69. The summed E-state index contributed by atoms with van der Waals surface area (Å²) in [6.45, 7) is 0. The molecule has 0 aliphatic rings. The number of rotatable bonds is 2. The highest BCUT2D eigenvalue weighted by molar-refractivity contribution is 6.11. The number of nitrogens with two attached hydrogens (primary N) is 2. The summed E-state index contributed by atoms with van der Waals surface area (Å²) >= 11 is 0. The third kappa shape index (κ3) is 2.67. The van der Waals surface area contributed by atoms with E-state index in [-0.39, 0.29) is 0 Å². The van der Waals surface area contributed by atoms with E-state index in [0.29, 0.717) is 17.8 Å². The van der Waals surface area contributed by atoms with Crippen LogP contribution < -0.4 is 11.5 Å². The molecule has 0 atom stereocenters. The van der Waals surface area contributed by atoms with Crippen molar-refractivity contribution in [2.24, 2.45) is 0 Å². The van der Waals surface area contributed by atoms with Crippen LogP contribution in [0, 0.1) is 0 Å². The number of benzene rings is 3. The third-order valence-electron chi connectivity index (χ3n) is 5.96. The van der Waals surface area contributed by atoms with Crippen LogP contribution in [-0.2, 0) is 6.42 Å². The van der Waals surface area contributed by atoms with Gasteiger partial charge in [0.2, 0.25) is 0 Å². The van der Waals surface area contributed by atoms with E-state index in [1.54, 1.807) is 12.4 Å². The van der Waals surface area contributed by atoms with E-state index in [4.69, 9.17) is 16.5 Å². The molecule has 4 N–H and O–H groups in total. The van der Waals surface area contributed by atoms with Crippen LogP contribution in [-0.4, -0.2) is 15.0 Å². The number of hydrogen-bond acceptors (Lipinski definition) is 5. The summed E-state index contributed by atoms with van der Waals surface area (Å²) in [6.07, 6.45) is 4.12. The average Bonchev–Trinajstić information content (AvgIpc) is 2.82. The monoisotopic (exact) mass is 401 g/mol. The maximum atomic E-state index is 6.69. The number of nitrogens with zero attached hydrogens (tertiary/aromatic N) is 3. The van der Waals surface area contributed by atoms with Gasteiger partial charge in [0.1, 0.15) is 0 Å². The second-order valence-corrected chi connectivity index (χ2v) is 7.75. The van der Waals surface area contributed by atoms with E-state index < -0.39 is 0 Å². The molecule has 6 aromatic rings. The lowest BCUT2D eigenvalue weighted by molar-refractivity contribution is 1.22. The van der Waals surface area contributed by atoms with Gasteiger partial charge in [-0.15, -0.1) is 0 Å². The lowest BCUT2D eigenvalue weighted by Gasteiger charge is -2.16. The standard InChI is InChI=1S/C26H19N5/c27-21-10-9-16-13-15-5-1-2-8-22(15)31-24(16)20(21)14-19-17-6-3-11-29-25(17)26-18(23(19)28)7-4-12-30-26/h1-13H,14,27-28H2. The van der Waals surface area contributed by atoms with Crippen molar-refractivity contribution in [3.05, 3.63) is 90.3 Å². The van der Waals surface area contributed by atoms with Gasteiger partial charge >= 0.3 is 0 Å². The zero-order valence-electron chi connectivity index (χ0n) is 16.7. The summed E-state index contributed by atoms with van der Waals surface area (Å²) in [7, 11) is 0. The molecular formula is C26H19N5. The zero-order chi connectivity index (χ0) is 20.9. The minimum absolute atomic E-state index is 0.563. The van der Waals surface area contributed by atoms with Crippen molar-refractivity contribution in [3.8, 4) is 0 Å². The number of nitrogen functional groups attached to an aromatic ring is 2. The first-order valence-corrected chi connectivity index (χ1v) is 10.2. The molecule has 31 heavy (non-hydrogen) atoms. The van der Waals surface area contributed by atoms with Gasteiger partial charge in [0, 0.05) is 57.3 Å². The third-order valence-corrected chi connectivity index (χ3v) is 5.96. The number of anilines is 2. The van der Waals surface area contributed by atoms with Crippen molar-refractivity contribution in [2.45, 2.75) is 6.42 Å². The van der Waals surface area contributed by atoms with E-state index in [0.717, 1.165) is 54.7 Å². The van der Waals surface area contributed by atoms with Gasteiger partial charge in [-0.3, -0.25) is 9.97 Å². The predicted octanol–water partition coefficient (Wildman–Crippen LogP) is 5.24. The molecule has 0 radical (unpaired) electrons. The van der Waals surface area contributed by atoms with Gasteiger partial charge in [0.15, 0.2) is 0 Å². The fraction of sp³-hybridized carbons (Fsp3) is 0.0385. The summed E-state index contributed by atoms with van der Waals surface area (Å²) in [5.74, 6) is 0. The molecule has 3 aromatic carbocycles. The predicted molar refractivity (Wildman–Crippen MR) is 128 cm³/mol. The van der Waals surface area contributed by atoms with Crippen molar-refractivity contribution in [1.82, 2.24) is 15.0 Å². The summed E-state index contributed by atoms with van der Waals surface area (Å²) < 4.78 is 0. The molecule has 5 nitrogen and oxygen atoms in total. The topological polar surface area (TPSA) is 90.7 Å². The summed E-state index contributed by atoms with van der Waals surface area (Å²) in [4.78, 5) is 14.1. The first kappa shape index (κ1) is 17.6. The molecule has 3 aromatic heterocycles. The molecule has 0 aliphatic carbocycles. The molecule has 0 bridgehead atoms. The minimum Gasteiger partial charge on any atom is -0.398 e. The molecule has 3 heterocycles. The molecular weight excluding hydrogens is 382 g/mol. The molecule has 0 amide bonds. The van der Waals surface area contributed by atoms with Crippen molar-refractivity contribution in [2.75, 3.05) is 11.5 Å². The Hall–Kier alpha value is -4.25. The van der Waals surface area contributed by atoms with Gasteiger partial charge in [-0.05, 0) is 42.0 Å². The first-order chi connectivity index (χ1) is 15.2. The molecule has 0 saturated heterocycles. The average molecular weight is 401 g/mol. The molecule has 0 unspecified atom stereocenters. The molecule has 148 valence electrons. The Kier molecular flexibility index (Phi) is 3.77. The Balaban J connectivity index is 1.66. The van der Waals surface area contributed by atoms with Crippen molar-refractivity contribution in [3.63, 3.8) is 0 Å². The largest absolute Gasteiger partial charge is 0.398 e. The molecule has 0 fully saturated rings. The van der Waals surface area contributed by atoms with Gasteiger partial charge in [0.25, 0.3) is 0 Å². The SMILES string of the molecule is Nc1ccc2cc3ccccc3nc2c1Cc1c(N)c2cccnc2c2ncccc12. The van der Waals surface area contributed by atoms with Crippen molar-refractivity contribution in [1.29, 1.82) is 0 Å². The number of pyridine rings is 3. The second kappa shape index (κ2) is 6.64. The lowest BCUT2D eigenvalue weighted by Crippen LogP contribution is -2.04. The first-order valence-electron chi connectivity index (χ1n) is 10.2. The fourth-order valence-electron chi connectivity index (χ4n) is 4.43. The Bertz CT molecular complexity index is 1640. The van der Waals surface area contributed by atoms with E-state index in [9.17, 15) is 0 Å². The number of fused-ring (bicyclic) bond motifs is 5.